The maximum atomic E-state index is 13.1. The molecule has 3 aromatic carbocycles. The van der Waals surface area contributed by atoms with E-state index in [1.54, 1.807) is 4.68 Å². The molecule has 0 spiro atoms. The molecule has 208 valence electrons. The van der Waals surface area contributed by atoms with Crippen LogP contribution in [0, 0.1) is 5.92 Å². The second-order valence-electron chi connectivity index (χ2n) is 10.6. The lowest BCUT2D eigenvalue weighted by molar-refractivity contribution is -0.126. The summed E-state index contributed by atoms with van der Waals surface area (Å²) in [7, 11) is 0. The van der Waals surface area contributed by atoms with Gasteiger partial charge in [0.15, 0.2) is 5.69 Å². The van der Waals surface area contributed by atoms with Crippen LogP contribution in [0.5, 0.6) is 11.5 Å². The minimum Gasteiger partial charge on any atom is -0.457 e. The molecular weight excluding hydrogens is 514 g/mol. The number of nitrogens with zero attached hydrogens (tertiary/aromatic N) is 3. The molecule has 6 rings (SSSR count). The lowest BCUT2D eigenvalue weighted by Gasteiger charge is -2.38. The van der Waals surface area contributed by atoms with Crippen molar-refractivity contribution in [2.75, 3.05) is 25.1 Å². The molecule has 0 radical (unpaired) electrons. The number of ether oxygens (including phenoxy) is 1. The van der Waals surface area contributed by atoms with Gasteiger partial charge in [0, 0.05) is 36.7 Å². The number of benzene rings is 3. The number of carbonyl (C=O) groups excluding carboxylic acids is 2. The molecular formula is C33H33N5O3. The Morgan fingerprint density at radius 3 is 2.17 bits per heavy atom. The lowest BCUT2D eigenvalue weighted by Crippen LogP contribution is -2.42. The van der Waals surface area contributed by atoms with Crippen molar-refractivity contribution in [2.45, 2.75) is 25.2 Å². The molecule has 2 aliphatic rings. The zero-order valence-electron chi connectivity index (χ0n) is 22.8. The van der Waals surface area contributed by atoms with Gasteiger partial charge in [0.25, 0.3) is 11.8 Å². The molecule has 4 aromatic rings. The summed E-state index contributed by atoms with van der Waals surface area (Å²) in [6.07, 6.45) is 2.62. The highest BCUT2D eigenvalue weighted by Gasteiger charge is 2.36. The molecule has 3 heterocycles. The second-order valence-corrected chi connectivity index (χ2v) is 10.6. The van der Waals surface area contributed by atoms with Crippen LogP contribution in [0.3, 0.4) is 0 Å². The number of amides is 2. The summed E-state index contributed by atoms with van der Waals surface area (Å²) in [5.41, 5.74) is 12.3. The van der Waals surface area contributed by atoms with Crippen LogP contribution in [-0.4, -0.2) is 46.0 Å². The van der Waals surface area contributed by atoms with Crippen molar-refractivity contribution in [3.8, 4) is 22.8 Å². The van der Waals surface area contributed by atoms with Crippen LogP contribution >= 0.6 is 0 Å². The fourth-order valence-electron chi connectivity index (χ4n) is 5.95. The molecule has 1 unspecified atom stereocenters. The fraction of sp³-hybridized carbons (Fsp3) is 0.242. The summed E-state index contributed by atoms with van der Waals surface area (Å²) in [5, 5.41) is 0. The summed E-state index contributed by atoms with van der Waals surface area (Å²) in [6.45, 7) is 6.10. The maximum Gasteiger partial charge on any atom is 0.269 e. The first-order valence-electron chi connectivity index (χ1n) is 14.0. The Morgan fingerprint density at radius 1 is 0.878 bits per heavy atom. The fourth-order valence-corrected chi connectivity index (χ4v) is 5.95. The Bertz CT molecular complexity index is 1560. The largest absolute Gasteiger partial charge is 0.457 e. The highest BCUT2D eigenvalue weighted by Crippen LogP contribution is 2.39. The van der Waals surface area contributed by atoms with Gasteiger partial charge in [-0.15, -0.1) is 0 Å². The number of fused-ring (bicyclic) bond motifs is 1. The number of likely N-dealkylation sites (tertiary alicyclic amines) is 1. The van der Waals surface area contributed by atoms with E-state index in [1.807, 2.05) is 89.8 Å². The molecule has 1 saturated heterocycles. The Morgan fingerprint density at radius 2 is 1.51 bits per heavy atom. The van der Waals surface area contributed by atoms with Crippen molar-refractivity contribution < 1.29 is 14.3 Å². The number of aromatic nitrogens is 2. The van der Waals surface area contributed by atoms with Crippen LogP contribution in [0.25, 0.3) is 16.8 Å². The van der Waals surface area contributed by atoms with Gasteiger partial charge < -0.3 is 20.8 Å². The van der Waals surface area contributed by atoms with Crippen molar-refractivity contribution in [1.82, 2.24) is 14.6 Å². The molecule has 0 bridgehead atoms. The number of nitrogens with two attached hydrogens (primary N) is 1. The molecule has 2 amide bonds. The molecule has 1 aromatic heterocycles. The van der Waals surface area contributed by atoms with Gasteiger partial charge in [-0.05, 0) is 67.1 Å². The van der Waals surface area contributed by atoms with E-state index in [0.717, 1.165) is 42.0 Å². The van der Waals surface area contributed by atoms with Gasteiger partial charge in [0.1, 0.15) is 23.0 Å². The molecule has 2 aliphatic heterocycles. The summed E-state index contributed by atoms with van der Waals surface area (Å²) < 4.78 is 7.71. The quantitative estimate of drug-likeness (QED) is 0.301. The van der Waals surface area contributed by atoms with Gasteiger partial charge in [0.2, 0.25) is 0 Å². The molecule has 1 atom stereocenters. The van der Waals surface area contributed by atoms with Gasteiger partial charge in [0.05, 0.1) is 0 Å². The van der Waals surface area contributed by atoms with Crippen LogP contribution in [0.15, 0.2) is 91.5 Å². The zero-order chi connectivity index (χ0) is 28.3. The normalized spacial score (nSPS) is 16.9. The summed E-state index contributed by atoms with van der Waals surface area (Å²) in [6, 6.07) is 26.7. The van der Waals surface area contributed by atoms with Crippen molar-refractivity contribution in [3.05, 3.63) is 109 Å². The molecule has 41 heavy (non-hydrogen) atoms. The first kappa shape index (κ1) is 26.4. The number of hydrogen-bond acceptors (Lipinski definition) is 5. The highest BCUT2D eigenvalue weighted by molar-refractivity contribution is 6.18. The van der Waals surface area contributed by atoms with E-state index in [1.165, 1.54) is 0 Å². The SMILES string of the molecule is C=C(C(=O)N1CCC(C2CCNn3c2nc(-c2ccc(Oc4ccccc4)cc2)c3C(N)=O)CC1)c1ccccc1. The third-order valence-corrected chi connectivity index (χ3v) is 8.08. The van der Waals surface area contributed by atoms with Crippen LogP contribution in [0.2, 0.25) is 0 Å². The van der Waals surface area contributed by atoms with Crippen molar-refractivity contribution in [3.63, 3.8) is 0 Å². The molecule has 0 saturated carbocycles. The van der Waals surface area contributed by atoms with Crippen molar-refractivity contribution in [2.24, 2.45) is 11.7 Å². The monoisotopic (exact) mass is 547 g/mol. The number of piperidine rings is 1. The summed E-state index contributed by atoms with van der Waals surface area (Å²) >= 11 is 0. The predicted octanol–water partition coefficient (Wildman–Crippen LogP) is 5.42. The average molecular weight is 548 g/mol. The van der Waals surface area contributed by atoms with Crippen molar-refractivity contribution in [1.29, 1.82) is 0 Å². The van der Waals surface area contributed by atoms with Crippen LogP contribution in [0.4, 0.5) is 0 Å². The number of primary amides is 1. The van der Waals surface area contributed by atoms with E-state index < -0.39 is 5.91 Å². The van der Waals surface area contributed by atoms with Gasteiger partial charge in [-0.2, -0.15) is 0 Å². The number of nitrogens with one attached hydrogen (secondary N) is 1. The van der Waals surface area contributed by atoms with Gasteiger partial charge >= 0.3 is 0 Å². The molecule has 1 fully saturated rings. The van der Waals surface area contributed by atoms with Crippen LogP contribution in [0.1, 0.15) is 47.1 Å². The molecule has 0 aliphatic carbocycles. The van der Waals surface area contributed by atoms with E-state index >= 15 is 0 Å². The van der Waals surface area contributed by atoms with E-state index in [9.17, 15) is 9.59 Å². The topological polar surface area (TPSA) is 102 Å². The Labute approximate surface area is 239 Å². The number of hydrogen-bond donors (Lipinski definition) is 2. The number of imidazole rings is 1. The standard InChI is InChI=1S/C33H33N5O3/c1-22(23-8-4-2-5-9-23)33(40)37-20-17-24(18-21-37)28-16-19-35-38-30(31(34)39)29(36-32(28)38)25-12-14-27(15-13-25)41-26-10-6-3-7-11-26/h2-15,24,28,35H,1,16-21H2,(H2,34,39). The predicted molar refractivity (Wildman–Crippen MR) is 159 cm³/mol. The second kappa shape index (κ2) is 11.3. The smallest absolute Gasteiger partial charge is 0.269 e. The molecule has 3 N–H and O–H groups in total. The van der Waals surface area contributed by atoms with E-state index in [0.29, 0.717) is 48.3 Å². The van der Waals surface area contributed by atoms with Gasteiger partial charge in [-0.3, -0.25) is 9.59 Å². The number of rotatable bonds is 7. The Kier molecular flexibility index (Phi) is 7.29. The van der Waals surface area contributed by atoms with Gasteiger partial charge in [-0.1, -0.05) is 55.1 Å². The number of carbonyl (C=O) groups is 2. The minimum absolute atomic E-state index is 0.0144. The third-order valence-electron chi connectivity index (χ3n) is 8.08. The molecule has 8 nitrogen and oxygen atoms in total. The minimum atomic E-state index is -0.531. The first-order chi connectivity index (χ1) is 20.0. The zero-order valence-corrected chi connectivity index (χ0v) is 22.8. The Balaban J connectivity index is 1.20. The first-order valence-corrected chi connectivity index (χ1v) is 14.0. The molecule has 8 heteroatoms. The lowest BCUT2D eigenvalue weighted by atomic mass is 9.81. The van der Waals surface area contributed by atoms with Crippen molar-refractivity contribution >= 4 is 17.4 Å². The Hall–Kier alpha value is -4.85. The number of para-hydroxylation sites is 1. The van der Waals surface area contributed by atoms with E-state index in [4.69, 9.17) is 15.5 Å². The van der Waals surface area contributed by atoms with Crippen LogP contribution in [-0.2, 0) is 4.79 Å². The third kappa shape index (κ3) is 5.33. The van der Waals surface area contributed by atoms with E-state index in [-0.39, 0.29) is 11.8 Å². The summed E-state index contributed by atoms with van der Waals surface area (Å²) in [5.74, 6) is 2.20. The van der Waals surface area contributed by atoms with Gasteiger partial charge in [-0.25, -0.2) is 9.66 Å². The average Bonchev–Trinajstić information content (AvgIpc) is 3.42. The highest BCUT2D eigenvalue weighted by atomic mass is 16.5. The summed E-state index contributed by atoms with van der Waals surface area (Å²) in [4.78, 5) is 32.7. The van der Waals surface area contributed by atoms with Crippen LogP contribution < -0.4 is 15.9 Å². The van der Waals surface area contributed by atoms with E-state index in [2.05, 4.69) is 12.0 Å². The maximum absolute atomic E-state index is 13.1.